The molecule has 1 aliphatic carbocycles. The highest BCUT2D eigenvalue weighted by Crippen LogP contribution is 2.40. The molecule has 36 heavy (non-hydrogen) atoms. The van der Waals surface area contributed by atoms with Crippen molar-refractivity contribution in [3.63, 3.8) is 0 Å². The largest absolute Gasteiger partial charge is 0.497 e. The Morgan fingerprint density at radius 2 is 1.81 bits per heavy atom. The summed E-state index contributed by atoms with van der Waals surface area (Å²) in [5.41, 5.74) is 0.763. The first-order valence-corrected chi connectivity index (χ1v) is 12.1. The molecule has 5 atom stereocenters. The first-order chi connectivity index (χ1) is 17.5. The number of para-hydroxylation sites is 1. The number of hydrogen-bond acceptors (Lipinski definition) is 6. The Bertz CT molecular complexity index is 1090. The second kappa shape index (κ2) is 12.5. The number of methoxy groups -OCH3 is 1. The SMILES string of the molecule is COc1ccc(Oc2ccccc2[C@@H]2OC[C@H](C/C=C\CCC(=O)O)[C@H](C3C=CC=CC3O)O2)cc1. The van der Waals surface area contributed by atoms with Crippen LogP contribution < -0.4 is 9.47 Å². The Morgan fingerprint density at radius 1 is 1.06 bits per heavy atom. The molecule has 1 heterocycles. The van der Waals surface area contributed by atoms with Crippen LogP contribution in [0, 0.1) is 11.8 Å². The van der Waals surface area contributed by atoms with Gasteiger partial charge in [-0.15, -0.1) is 0 Å². The Hall–Kier alpha value is -3.39. The van der Waals surface area contributed by atoms with E-state index in [1.807, 2.05) is 78.9 Å². The standard InChI is InChI=1S/C29H32O7/c1-33-21-15-17-22(18-16-21)35-26-13-8-6-11-24(26)29-34-19-20(9-3-2-4-14-27(31)32)28(36-29)23-10-5-7-12-25(23)30/h2-3,5-8,10-13,15-18,20,23,25,28-30H,4,9,14,19H2,1H3,(H,31,32)/b3-2-/t20-,23?,25?,28+,29+/m0/s1. The number of aliphatic hydroxyl groups excluding tert-OH is 1. The number of ether oxygens (including phenoxy) is 4. The molecule has 2 aromatic carbocycles. The maximum Gasteiger partial charge on any atom is 0.303 e. The van der Waals surface area contributed by atoms with Crippen LogP contribution in [0.4, 0.5) is 0 Å². The number of allylic oxidation sites excluding steroid dienone is 4. The molecule has 4 rings (SSSR count). The Morgan fingerprint density at radius 3 is 2.56 bits per heavy atom. The molecule has 0 saturated carbocycles. The van der Waals surface area contributed by atoms with Crippen LogP contribution in [0.5, 0.6) is 17.2 Å². The van der Waals surface area contributed by atoms with E-state index in [0.29, 0.717) is 30.9 Å². The average Bonchev–Trinajstić information content (AvgIpc) is 2.89. The van der Waals surface area contributed by atoms with E-state index >= 15 is 0 Å². The van der Waals surface area contributed by atoms with Gasteiger partial charge >= 0.3 is 5.97 Å². The summed E-state index contributed by atoms with van der Waals surface area (Å²) in [7, 11) is 1.62. The van der Waals surface area contributed by atoms with Crippen LogP contribution >= 0.6 is 0 Å². The van der Waals surface area contributed by atoms with Crippen LogP contribution in [0.25, 0.3) is 0 Å². The number of hydrogen-bond donors (Lipinski definition) is 2. The lowest BCUT2D eigenvalue weighted by Crippen LogP contribution is -2.44. The molecular weight excluding hydrogens is 460 g/mol. The highest BCUT2D eigenvalue weighted by molar-refractivity contribution is 5.66. The van der Waals surface area contributed by atoms with Crippen molar-refractivity contribution < 1.29 is 34.0 Å². The van der Waals surface area contributed by atoms with Gasteiger partial charge < -0.3 is 29.2 Å². The number of carbonyl (C=O) groups is 1. The lowest BCUT2D eigenvalue weighted by atomic mass is 9.82. The van der Waals surface area contributed by atoms with Crippen LogP contribution in [0.1, 0.15) is 31.1 Å². The highest BCUT2D eigenvalue weighted by atomic mass is 16.7. The van der Waals surface area contributed by atoms with Crippen molar-refractivity contribution in [2.75, 3.05) is 13.7 Å². The van der Waals surface area contributed by atoms with Gasteiger partial charge in [-0.2, -0.15) is 0 Å². The second-order valence-corrected chi connectivity index (χ2v) is 8.82. The van der Waals surface area contributed by atoms with Crippen molar-refractivity contribution in [2.45, 2.75) is 37.8 Å². The zero-order valence-corrected chi connectivity index (χ0v) is 20.2. The van der Waals surface area contributed by atoms with E-state index < -0.39 is 18.4 Å². The molecule has 0 radical (unpaired) electrons. The lowest BCUT2D eigenvalue weighted by molar-refractivity contribution is -0.254. The van der Waals surface area contributed by atoms with Crippen molar-refractivity contribution in [3.8, 4) is 17.2 Å². The Labute approximate surface area is 211 Å². The fourth-order valence-corrected chi connectivity index (χ4v) is 4.42. The van der Waals surface area contributed by atoms with Gasteiger partial charge in [0.1, 0.15) is 17.2 Å². The van der Waals surface area contributed by atoms with Gasteiger partial charge in [0.15, 0.2) is 6.29 Å². The topological polar surface area (TPSA) is 94.5 Å². The fraction of sp³-hybridized carbons (Fsp3) is 0.345. The number of aliphatic hydroxyl groups is 1. The Balaban J connectivity index is 1.51. The summed E-state index contributed by atoms with van der Waals surface area (Å²) in [6.45, 7) is 0.427. The van der Waals surface area contributed by atoms with Gasteiger partial charge in [-0.05, 0) is 43.2 Å². The zero-order valence-electron chi connectivity index (χ0n) is 20.2. The zero-order chi connectivity index (χ0) is 25.3. The molecule has 7 heteroatoms. The molecule has 2 aromatic rings. The molecule has 1 fully saturated rings. The van der Waals surface area contributed by atoms with Gasteiger partial charge in [-0.3, -0.25) is 4.79 Å². The average molecular weight is 493 g/mol. The second-order valence-electron chi connectivity index (χ2n) is 8.82. The quantitative estimate of drug-likeness (QED) is 0.427. The first-order valence-electron chi connectivity index (χ1n) is 12.1. The molecule has 190 valence electrons. The summed E-state index contributed by atoms with van der Waals surface area (Å²) >= 11 is 0. The van der Waals surface area contributed by atoms with Gasteiger partial charge in [0.05, 0.1) is 31.5 Å². The maximum absolute atomic E-state index is 10.8. The first kappa shape index (κ1) is 25.7. The number of rotatable bonds is 10. The summed E-state index contributed by atoms with van der Waals surface area (Å²) in [4.78, 5) is 10.8. The smallest absolute Gasteiger partial charge is 0.303 e. The molecule has 0 aromatic heterocycles. The van der Waals surface area contributed by atoms with E-state index in [2.05, 4.69) is 0 Å². The van der Waals surface area contributed by atoms with Crippen molar-refractivity contribution >= 4 is 5.97 Å². The fourth-order valence-electron chi connectivity index (χ4n) is 4.42. The third-order valence-corrected chi connectivity index (χ3v) is 6.32. The van der Waals surface area contributed by atoms with Gasteiger partial charge in [-0.1, -0.05) is 54.7 Å². The number of carboxylic acids is 1. The van der Waals surface area contributed by atoms with E-state index in [9.17, 15) is 9.90 Å². The summed E-state index contributed by atoms with van der Waals surface area (Å²) in [6, 6.07) is 14.9. The highest BCUT2D eigenvalue weighted by Gasteiger charge is 2.39. The van der Waals surface area contributed by atoms with Gasteiger partial charge in [0.2, 0.25) is 0 Å². The van der Waals surface area contributed by atoms with E-state index in [1.54, 1.807) is 13.2 Å². The molecule has 0 bridgehead atoms. The van der Waals surface area contributed by atoms with Crippen molar-refractivity contribution in [3.05, 3.63) is 90.6 Å². The van der Waals surface area contributed by atoms with Crippen LogP contribution in [-0.2, 0) is 14.3 Å². The minimum atomic E-state index is -0.817. The van der Waals surface area contributed by atoms with Crippen LogP contribution in [0.15, 0.2) is 85.0 Å². The molecule has 7 nitrogen and oxygen atoms in total. The van der Waals surface area contributed by atoms with E-state index in [-0.39, 0.29) is 24.4 Å². The number of benzene rings is 2. The maximum atomic E-state index is 10.8. The molecule has 2 aliphatic rings. The van der Waals surface area contributed by atoms with Gasteiger partial charge in [0.25, 0.3) is 0 Å². The third kappa shape index (κ3) is 6.63. The lowest BCUT2D eigenvalue weighted by Gasteiger charge is -2.41. The summed E-state index contributed by atoms with van der Waals surface area (Å²) in [5, 5.41) is 19.5. The summed E-state index contributed by atoms with van der Waals surface area (Å²) < 4.78 is 24.1. The van der Waals surface area contributed by atoms with Crippen LogP contribution in [0.2, 0.25) is 0 Å². The molecule has 1 aliphatic heterocycles. The van der Waals surface area contributed by atoms with Gasteiger partial charge in [-0.25, -0.2) is 0 Å². The number of aliphatic carboxylic acids is 1. The van der Waals surface area contributed by atoms with E-state index in [4.69, 9.17) is 24.1 Å². The Kier molecular flexibility index (Phi) is 8.95. The van der Waals surface area contributed by atoms with Crippen LogP contribution in [-0.4, -0.2) is 42.1 Å². The van der Waals surface area contributed by atoms with Crippen molar-refractivity contribution in [2.24, 2.45) is 11.8 Å². The molecule has 2 N–H and O–H groups in total. The molecule has 0 amide bonds. The van der Waals surface area contributed by atoms with E-state index in [1.165, 1.54) is 0 Å². The molecular formula is C29H32O7. The van der Waals surface area contributed by atoms with Gasteiger partial charge in [0, 0.05) is 18.3 Å². The van der Waals surface area contributed by atoms with Crippen molar-refractivity contribution in [1.82, 2.24) is 0 Å². The van der Waals surface area contributed by atoms with Crippen molar-refractivity contribution in [1.29, 1.82) is 0 Å². The minimum Gasteiger partial charge on any atom is -0.497 e. The molecule has 0 spiro atoms. The summed E-state index contributed by atoms with van der Waals surface area (Å²) in [5.74, 6) is 0.978. The monoisotopic (exact) mass is 492 g/mol. The van der Waals surface area contributed by atoms with Crippen LogP contribution in [0.3, 0.4) is 0 Å². The molecule has 1 saturated heterocycles. The summed E-state index contributed by atoms with van der Waals surface area (Å²) in [6.07, 6.45) is 10.9. The minimum absolute atomic E-state index is 0.00667. The normalized spacial score (nSPS) is 25.7. The van der Waals surface area contributed by atoms with E-state index in [0.717, 1.165) is 11.3 Å². The predicted molar refractivity (Wildman–Crippen MR) is 135 cm³/mol. The number of carboxylic acid groups (broad SMARTS) is 1. The third-order valence-electron chi connectivity index (χ3n) is 6.32. The molecule has 2 unspecified atom stereocenters. The predicted octanol–water partition coefficient (Wildman–Crippen LogP) is 5.43.